The number of hydrogen-bond acceptors (Lipinski definition) is 5. The molecule has 3 rings (SSSR count). The van der Waals surface area contributed by atoms with Crippen LogP contribution in [-0.4, -0.2) is 40.6 Å². The number of ether oxygens (including phenoxy) is 1. The Kier molecular flexibility index (Phi) is 8.55. The lowest BCUT2D eigenvalue weighted by Gasteiger charge is -2.25. The van der Waals surface area contributed by atoms with E-state index in [1.165, 1.54) is 4.90 Å². The van der Waals surface area contributed by atoms with Crippen LogP contribution < -0.4 is 24.4 Å². The van der Waals surface area contributed by atoms with Crippen molar-refractivity contribution in [3.8, 4) is 5.75 Å². The highest BCUT2D eigenvalue weighted by Crippen LogP contribution is 2.20. The Hall–Kier alpha value is -4.05. The Morgan fingerprint density at radius 1 is 0.944 bits per heavy atom. The summed E-state index contributed by atoms with van der Waals surface area (Å²) in [6, 6.07) is 19.1. The zero-order valence-corrected chi connectivity index (χ0v) is 21.4. The second-order valence-corrected chi connectivity index (χ2v) is 9.81. The minimum absolute atomic E-state index is 0.165. The fraction of sp³-hybridized carbons (Fsp3) is 0.231. The molecule has 0 aliphatic rings. The first-order valence-electron chi connectivity index (χ1n) is 11.2. The van der Waals surface area contributed by atoms with Gasteiger partial charge in [-0.3, -0.25) is 9.52 Å². The molecule has 36 heavy (non-hydrogen) atoms. The Morgan fingerprint density at radius 2 is 1.56 bits per heavy atom. The average Bonchev–Trinajstić information content (AvgIpc) is 2.82. The molecule has 0 bridgehead atoms. The first-order chi connectivity index (χ1) is 17.1. The summed E-state index contributed by atoms with van der Waals surface area (Å²) in [7, 11) is -1.11. The van der Waals surface area contributed by atoms with Crippen molar-refractivity contribution in [1.29, 1.82) is 0 Å². The van der Waals surface area contributed by atoms with Gasteiger partial charge in [0.15, 0.2) is 0 Å². The molecule has 0 spiro atoms. The van der Waals surface area contributed by atoms with Crippen molar-refractivity contribution in [2.24, 2.45) is 0 Å². The third-order valence-electron chi connectivity index (χ3n) is 5.38. The molecule has 3 N–H and O–H groups in total. The highest BCUT2D eigenvalue weighted by Gasteiger charge is 2.27. The first-order valence-corrected chi connectivity index (χ1v) is 12.7. The maximum Gasteiger partial charge on any atom is 0.330 e. The third kappa shape index (κ3) is 7.47. The van der Waals surface area contributed by atoms with Crippen molar-refractivity contribution in [2.45, 2.75) is 26.3 Å². The number of benzene rings is 3. The normalized spacial score (nSPS) is 11.8. The van der Waals surface area contributed by atoms with Crippen LogP contribution in [0.3, 0.4) is 0 Å². The van der Waals surface area contributed by atoms with E-state index in [9.17, 15) is 18.0 Å². The molecule has 10 heteroatoms. The molecule has 1 unspecified atom stereocenters. The minimum Gasteiger partial charge on any atom is -0.497 e. The maximum atomic E-state index is 13.4. The molecule has 0 radical (unpaired) electrons. The van der Waals surface area contributed by atoms with Gasteiger partial charge in [0, 0.05) is 19.2 Å². The Bertz CT molecular complexity index is 1290. The monoisotopic (exact) mass is 510 g/mol. The van der Waals surface area contributed by atoms with Gasteiger partial charge < -0.3 is 15.0 Å². The number of carbonyl (C=O) groups excluding carboxylic acids is 2. The Labute approximate surface area is 211 Å². The van der Waals surface area contributed by atoms with Crippen molar-refractivity contribution in [1.82, 2.24) is 10.0 Å². The number of rotatable bonds is 9. The quantitative estimate of drug-likeness (QED) is 0.407. The second-order valence-electron chi connectivity index (χ2n) is 8.39. The number of amides is 3. The lowest BCUT2D eigenvalue weighted by molar-refractivity contribution is -0.120. The van der Waals surface area contributed by atoms with Gasteiger partial charge in [0.2, 0.25) is 5.91 Å². The molecule has 0 aliphatic carbocycles. The average molecular weight is 511 g/mol. The molecule has 0 aliphatic heterocycles. The van der Waals surface area contributed by atoms with Gasteiger partial charge >= 0.3 is 16.2 Å². The molecule has 0 saturated heterocycles. The molecule has 3 aromatic carbocycles. The molecular formula is C26H30N4O5S. The molecule has 190 valence electrons. The summed E-state index contributed by atoms with van der Waals surface area (Å²) >= 11 is 0. The van der Waals surface area contributed by atoms with E-state index in [1.807, 2.05) is 55.0 Å². The first kappa shape index (κ1) is 26.6. The molecule has 0 aromatic heterocycles. The van der Waals surface area contributed by atoms with Gasteiger partial charge in [0.05, 0.1) is 12.8 Å². The van der Waals surface area contributed by atoms with Crippen molar-refractivity contribution in [3.63, 3.8) is 0 Å². The van der Waals surface area contributed by atoms with E-state index in [4.69, 9.17) is 4.74 Å². The number of urea groups is 1. The molecule has 0 heterocycles. The topological polar surface area (TPSA) is 117 Å². The third-order valence-corrected chi connectivity index (χ3v) is 6.34. The van der Waals surface area contributed by atoms with E-state index in [-0.39, 0.29) is 6.42 Å². The van der Waals surface area contributed by atoms with Crippen LogP contribution in [0.5, 0.6) is 5.75 Å². The van der Waals surface area contributed by atoms with Crippen molar-refractivity contribution < 1.29 is 22.7 Å². The number of hydrogen-bond donors (Lipinski definition) is 3. The van der Waals surface area contributed by atoms with Crippen LogP contribution in [0.4, 0.5) is 16.2 Å². The van der Waals surface area contributed by atoms with Crippen LogP contribution in [0.2, 0.25) is 0 Å². The van der Waals surface area contributed by atoms with Gasteiger partial charge in [0.25, 0.3) is 0 Å². The van der Waals surface area contributed by atoms with Crippen LogP contribution in [0.15, 0.2) is 72.8 Å². The van der Waals surface area contributed by atoms with Crippen molar-refractivity contribution >= 4 is 33.5 Å². The Balaban J connectivity index is 1.76. The van der Waals surface area contributed by atoms with Crippen LogP contribution >= 0.6 is 0 Å². The van der Waals surface area contributed by atoms with E-state index in [2.05, 4.69) is 10.0 Å². The molecule has 3 amide bonds. The van der Waals surface area contributed by atoms with Crippen LogP contribution in [0, 0.1) is 13.8 Å². The van der Waals surface area contributed by atoms with E-state index in [1.54, 1.807) is 50.6 Å². The van der Waals surface area contributed by atoms with Crippen molar-refractivity contribution in [3.05, 3.63) is 89.5 Å². The number of aryl methyl sites for hydroxylation is 2. The number of nitrogens with one attached hydrogen (secondary N) is 3. The smallest absolute Gasteiger partial charge is 0.330 e. The summed E-state index contributed by atoms with van der Waals surface area (Å²) in [6.07, 6.45) is 0.165. The minimum atomic E-state index is -4.24. The SMILES string of the molecule is COc1ccc(N(C)C(=O)C(Cc2ccccc2)NC(=O)NS(=O)(=O)Nc2cc(C)cc(C)c2)cc1. The largest absolute Gasteiger partial charge is 0.497 e. The van der Waals surface area contributed by atoms with Gasteiger partial charge in [-0.2, -0.15) is 8.42 Å². The van der Waals surface area contributed by atoms with Crippen LogP contribution in [-0.2, 0) is 21.4 Å². The van der Waals surface area contributed by atoms with Gasteiger partial charge in [-0.25, -0.2) is 9.52 Å². The number of carbonyl (C=O) groups is 2. The lowest BCUT2D eigenvalue weighted by atomic mass is 10.0. The number of likely N-dealkylation sites (N-methyl/N-ethyl adjacent to an activating group) is 1. The van der Waals surface area contributed by atoms with E-state index < -0.39 is 28.2 Å². The van der Waals surface area contributed by atoms with Gasteiger partial charge in [-0.15, -0.1) is 0 Å². The highest BCUT2D eigenvalue weighted by molar-refractivity contribution is 7.91. The summed E-state index contributed by atoms with van der Waals surface area (Å²) in [4.78, 5) is 27.5. The fourth-order valence-electron chi connectivity index (χ4n) is 3.74. The Morgan fingerprint density at radius 3 is 2.14 bits per heavy atom. The second kappa shape index (κ2) is 11.6. The van der Waals surface area contributed by atoms with E-state index in [0.717, 1.165) is 16.7 Å². The number of anilines is 2. The maximum absolute atomic E-state index is 13.4. The summed E-state index contributed by atoms with van der Waals surface area (Å²) in [5.74, 6) is 0.221. The van der Waals surface area contributed by atoms with E-state index >= 15 is 0 Å². The highest BCUT2D eigenvalue weighted by atomic mass is 32.2. The summed E-state index contributed by atoms with van der Waals surface area (Å²) in [6.45, 7) is 3.67. The molecule has 1 atom stereocenters. The molecule has 0 fully saturated rings. The standard InChI is InChI=1S/C26H30N4O5S/c1-18-14-19(2)16-21(15-18)28-36(33,34)29-26(32)27-24(17-20-8-6-5-7-9-20)25(31)30(3)22-10-12-23(35-4)13-11-22/h5-16,24,28H,17H2,1-4H3,(H2,27,29,32). The van der Waals surface area contributed by atoms with Crippen LogP contribution in [0.25, 0.3) is 0 Å². The molecular weight excluding hydrogens is 480 g/mol. The molecule has 0 saturated carbocycles. The summed E-state index contributed by atoms with van der Waals surface area (Å²) in [5.41, 5.74) is 3.45. The molecule has 3 aromatic rings. The zero-order chi connectivity index (χ0) is 26.3. The molecule has 9 nitrogen and oxygen atoms in total. The zero-order valence-electron chi connectivity index (χ0n) is 20.6. The van der Waals surface area contributed by atoms with E-state index in [0.29, 0.717) is 17.1 Å². The number of methoxy groups -OCH3 is 1. The summed E-state index contributed by atoms with van der Waals surface area (Å²) < 4.78 is 34.6. The predicted molar refractivity (Wildman–Crippen MR) is 140 cm³/mol. The lowest BCUT2D eigenvalue weighted by Crippen LogP contribution is -2.53. The summed E-state index contributed by atoms with van der Waals surface area (Å²) in [5, 5.41) is 2.52. The van der Waals surface area contributed by atoms with Gasteiger partial charge in [-0.1, -0.05) is 36.4 Å². The predicted octanol–water partition coefficient (Wildman–Crippen LogP) is 3.54. The number of nitrogens with zero attached hydrogens (tertiary/aromatic N) is 1. The fourth-order valence-corrected chi connectivity index (χ4v) is 4.52. The van der Waals surface area contributed by atoms with Crippen molar-refractivity contribution in [2.75, 3.05) is 23.8 Å². The van der Waals surface area contributed by atoms with Crippen LogP contribution in [0.1, 0.15) is 16.7 Å². The van der Waals surface area contributed by atoms with Gasteiger partial charge in [0.1, 0.15) is 11.8 Å². The van der Waals surface area contributed by atoms with Gasteiger partial charge in [-0.05, 0) is 66.9 Å².